The molecule has 0 bridgehead atoms. The van der Waals surface area contributed by atoms with Crippen LogP contribution in [0.5, 0.6) is 0 Å². The van der Waals surface area contributed by atoms with E-state index in [1.165, 1.54) is 16.7 Å². The minimum absolute atomic E-state index is 0.134. The molecule has 1 aliphatic heterocycles. The Morgan fingerprint density at radius 3 is 2.63 bits per heavy atom. The zero-order valence-corrected chi connectivity index (χ0v) is 17.0. The number of benzene rings is 2. The van der Waals surface area contributed by atoms with E-state index in [0.29, 0.717) is 19.9 Å². The number of thioether (sulfide) groups is 1. The van der Waals surface area contributed by atoms with Crippen molar-refractivity contribution in [3.8, 4) is 0 Å². The number of carbonyl (C=O) groups excluding carboxylic acids is 2. The SMILES string of the molecule is Cc1ccc(C=C2SC(=S)N(CCC(=O)Nc3ccccc3Cl)C2=O)cc1. The van der Waals surface area contributed by atoms with Crippen molar-refractivity contribution in [2.75, 3.05) is 11.9 Å². The van der Waals surface area contributed by atoms with Crippen LogP contribution in [0.15, 0.2) is 53.4 Å². The van der Waals surface area contributed by atoms with Crippen molar-refractivity contribution in [1.82, 2.24) is 4.90 Å². The molecule has 0 radical (unpaired) electrons. The van der Waals surface area contributed by atoms with Crippen LogP contribution in [0.4, 0.5) is 5.69 Å². The number of halogens is 1. The summed E-state index contributed by atoms with van der Waals surface area (Å²) in [6.45, 7) is 2.24. The molecule has 2 aromatic carbocycles. The van der Waals surface area contributed by atoms with Crippen molar-refractivity contribution in [3.05, 3.63) is 69.6 Å². The number of aryl methyl sites for hydroxylation is 1. The molecule has 4 nitrogen and oxygen atoms in total. The minimum atomic E-state index is -0.223. The third-order valence-electron chi connectivity index (χ3n) is 3.96. The second-order valence-electron chi connectivity index (χ2n) is 6.02. The van der Waals surface area contributed by atoms with Crippen LogP contribution >= 0.6 is 35.6 Å². The Labute approximate surface area is 172 Å². The largest absolute Gasteiger partial charge is 0.325 e. The van der Waals surface area contributed by atoms with Gasteiger partial charge < -0.3 is 5.32 Å². The average Bonchev–Trinajstić information content (AvgIpc) is 2.90. The summed E-state index contributed by atoms with van der Waals surface area (Å²) < 4.78 is 0.462. The number of anilines is 1. The Hall–Kier alpha value is -2.15. The lowest BCUT2D eigenvalue weighted by atomic mass is 10.1. The van der Waals surface area contributed by atoms with E-state index in [1.54, 1.807) is 24.3 Å². The number of hydrogen-bond acceptors (Lipinski definition) is 4. The van der Waals surface area contributed by atoms with Gasteiger partial charge in [-0.25, -0.2) is 0 Å². The Morgan fingerprint density at radius 1 is 1.22 bits per heavy atom. The summed E-state index contributed by atoms with van der Waals surface area (Å²) in [5.74, 6) is -0.393. The molecule has 1 heterocycles. The third kappa shape index (κ3) is 4.97. The Bertz CT molecular complexity index is 926. The number of para-hydroxylation sites is 1. The first-order valence-corrected chi connectivity index (χ1v) is 9.91. The summed E-state index contributed by atoms with van der Waals surface area (Å²) in [7, 11) is 0. The molecule has 2 amide bonds. The summed E-state index contributed by atoms with van der Waals surface area (Å²) in [5.41, 5.74) is 2.65. The quantitative estimate of drug-likeness (QED) is 0.557. The van der Waals surface area contributed by atoms with E-state index in [-0.39, 0.29) is 24.8 Å². The molecule has 1 saturated heterocycles. The molecule has 1 fully saturated rings. The second-order valence-corrected chi connectivity index (χ2v) is 8.11. The molecule has 1 aliphatic rings. The van der Waals surface area contributed by atoms with Gasteiger partial charge in [-0.15, -0.1) is 0 Å². The zero-order chi connectivity index (χ0) is 19.4. The van der Waals surface area contributed by atoms with E-state index in [4.69, 9.17) is 23.8 Å². The number of rotatable bonds is 5. The van der Waals surface area contributed by atoms with Gasteiger partial charge in [0.05, 0.1) is 15.6 Å². The lowest BCUT2D eigenvalue weighted by molar-refractivity contribution is -0.122. The minimum Gasteiger partial charge on any atom is -0.325 e. The van der Waals surface area contributed by atoms with E-state index in [0.717, 1.165) is 11.1 Å². The van der Waals surface area contributed by atoms with Crippen LogP contribution in [0.3, 0.4) is 0 Å². The van der Waals surface area contributed by atoms with Crippen molar-refractivity contribution >= 4 is 63.5 Å². The van der Waals surface area contributed by atoms with Gasteiger partial charge in [0.15, 0.2) is 0 Å². The van der Waals surface area contributed by atoms with Crippen molar-refractivity contribution in [2.45, 2.75) is 13.3 Å². The number of thiocarbonyl (C=S) groups is 1. The molecule has 2 aromatic rings. The van der Waals surface area contributed by atoms with E-state index in [2.05, 4.69) is 5.32 Å². The van der Waals surface area contributed by atoms with E-state index >= 15 is 0 Å². The summed E-state index contributed by atoms with van der Waals surface area (Å²) in [4.78, 5) is 26.8. The predicted octanol–water partition coefficient (Wildman–Crippen LogP) is 4.88. The average molecular weight is 417 g/mol. The molecule has 138 valence electrons. The van der Waals surface area contributed by atoms with E-state index in [1.807, 2.05) is 37.3 Å². The Morgan fingerprint density at radius 2 is 1.93 bits per heavy atom. The predicted molar refractivity (Wildman–Crippen MR) is 116 cm³/mol. The highest BCUT2D eigenvalue weighted by Crippen LogP contribution is 2.32. The molecular weight excluding hydrogens is 400 g/mol. The fourth-order valence-corrected chi connectivity index (χ4v) is 3.99. The van der Waals surface area contributed by atoms with Crippen molar-refractivity contribution in [2.24, 2.45) is 0 Å². The van der Waals surface area contributed by atoms with Crippen LogP contribution < -0.4 is 5.32 Å². The van der Waals surface area contributed by atoms with Gasteiger partial charge in [-0.05, 0) is 30.7 Å². The first kappa shape index (κ1) is 19.6. The van der Waals surface area contributed by atoms with Gasteiger partial charge in [-0.1, -0.05) is 77.5 Å². The van der Waals surface area contributed by atoms with Crippen LogP contribution in [0.1, 0.15) is 17.5 Å². The summed E-state index contributed by atoms with van der Waals surface area (Å²) in [5, 5.41) is 3.22. The first-order chi connectivity index (χ1) is 12.9. The summed E-state index contributed by atoms with van der Waals surface area (Å²) in [6, 6.07) is 14.9. The van der Waals surface area contributed by atoms with Crippen LogP contribution in [0.25, 0.3) is 6.08 Å². The summed E-state index contributed by atoms with van der Waals surface area (Å²) in [6.07, 6.45) is 1.96. The third-order valence-corrected chi connectivity index (χ3v) is 5.67. The molecule has 0 atom stereocenters. The Balaban J connectivity index is 1.61. The highest BCUT2D eigenvalue weighted by atomic mass is 35.5. The summed E-state index contributed by atoms with van der Waals surface area (Å²) >= 11 is 12.6. The van der Waals surface area contributed by atoms with Crippen molar-refractivity contribution < 1.29 is 9.59 Å². The number of hydrogen-bond donors (Lipinski definition) is 1. The molecule has 0 aliphatic carbocycles. The highest BCUT2D eigenvalue weighted by Gasteiger charge is 2.32. The fourth-order valence-electron chi connectivity index (χ4n) is 2.50. The molecule has 3 rings (SSSR count). The van der Waals surface area contributed by atoms with Crippen LogP contribution in [-0.4, -0.2) is 27.6 Å². The molecule has 27 heavy (non-hydrogen) atoms. The molecule has 0 spiro atoms. The molecular formula is C20H17ClN2O2S2. The zero-order valence-electron chi connectivity index (χ0n) is 14.6. The molecule has 0 unspecified atom stereocenters. The topological polar surface area (TPSA) is 49.4 Å². The van der Waals surface area contributed by atoms with Gasteiger partial charge in [0.25, 0.3) is 5.91 Å². The highest BCUT2D eigenvalue weighted by molar-refractivity contribution is 8.26. The standard InChI is InChI=1S/C20H17ClN2O2S2/c1-13-6-8-14(9-7-13)12-17-19(25)23(20(26)27-17)11-10-18(24)22-16-5-3-2-4-15(16)21/h2-9,12H,10-11H2,1H3,(H,22,24). The van der Waals surface area contributed by atoms with Gasteiger partial charge in [0.1, 0.15) is 4.32 Å². The first-order valence-electron chi connectivity index (χ1n) is 8.30. The molecule has 0 saturated carbocycles. The van der Waals surface area contributed by atoms with Gasteiger partial charge in [0, 0.05) is 13.0 Å². The van der Waals surface area contributed by atoms with Crippen molar-refractivity contribution in [3.63, 3.8) is 0 Å². The lowest BCUT2D eigenvalue weighted by Gasteiger charge is -2.14. The number of nitrogens with zero attached hydrogens (tertiary/aromatic N) is 1. The number of amides is 2. The van der Waals surface area contributed by atoms with Gasteiger partial charge in [0.2, 0.25) is 5.91 Å². The maximum atomic E-state index is 12.6. The van der Waals surface area contributed by atoms with Crippen molar-refractivity contribution in [1.29, 1.82) is 0 Å². The van der Waals surface area contributed by atoms with E-state index in [9.17, 15) is 9.59 Å². The second kappa shape index (κ2) is 8.69. The van der Waals surface area contributed by atoms with Crippen LogP contribution in [-0.2, 0) is 9.59 Å². The van der Waals surface area contributed by atoms with Gasteiger partial charge in [-0.3, -0.25) is 14.5 Å². The number of carbonyl (C=O) groups is 2. The lowest BCUT2D eigenvalue weighted by Crippen LogP contribution is -2.31. The van der Waals surface area contributed by atoms with Gasteiger partial charge in [-0.2, -0.15) is 0 Å². The van der Waals surface area contributed by atoms with E-state index < -0.39 is 0 Å². The maximum absolute atomic E-state index is 12.6. The number of nitrogens with one attached hydrogen (secondary N) is 1. The molecule has 0 aromatic heterocycles. The maximum Gasteiger partial charge on any atom is 0.266 e. The fraction of sp³-hybridized carbons (Fsp3) is 0.150. The van der Waals surface area contributed by atoms with Gasteiger partial charge >= 0.3 is 0 Å². The van der Waals surface area contributed by atoms with Crippen LogP contribution in [0.2, 0.25) is 5.02 Å². The van der Waals surface area contributed by atoms with Crippen LogP contribution in [0, 0.1) is 6.92 Å². The molecule has 7 heteroatoms. The normalized spacial score (nSPS) is 15.5. The molecule has 1 N–H and O–H groups in total. The Kier molecular flexibility index (Phi) is 6.31. The smallest absolute Gasteiger partial charge is 0.266 e. The monoisotopic (exact) mass is 416 g/mol.